The Balaban J connectivity index is 2.35. The Labute approximate surface area is 108 Å². The van der Waals surface area contributed by atoms with Crippen LogP contribution in [0.1, 0.15) is 31.4 Å². The zero-order valence-corrected chi connectivity index (χ0v) is 11.5. The van der Waals surface area contributed by atoms with Crippen LogP contribution in [0.4, 0.5) is 5.69 Å². The van der Waals surface area contributed by atoms with Gasteiger partial charge in [-0.3, -0.25) is 4.79 Å². The van der Waals surface area contributed by atoms with Gasteiger partial charge in [0.05, 0.1) is 5.92 Å². The molecule has 3 heteroatoms. The summed E-state index contributed by atoms with van der Waals surface area (Å²) in [5.41, 5.74) is 3.49. The second-order valence-corrected chi connectivity index (χ2v) is 6.01. The van der Waals surface area contributed by atoms with Gasteiger partial charge in [-0.2, -0.15) is 0 Å². The van der Waals surface area contributed by atoms with Crippen LogP contribution in [0, 0.1) is 19.8 Å². The second kappa shape index (κ2) is 4.30. The predicted octanol–water partition coefficient (Wildman–Crippen LogP) is 2.99. The normalized spacial score (nSPS) is 22.2. The molecule has 0 spiro atoms. The molecular formula is C15H21NO2. The topological polar surface area (TPSA) is 40.5 Å². The first-order valence-corrected chi connectivity index (χ1v) is 6.38. The summed E-state index contributed by atoms with van der Waals surface area (Å²) in [6, 6.07) is 6.42. The number of anilines is 1. The van der Waals surface area contributed by atoms with E-state index in [1.165, 1.54) is 11.1 Å². The van der Waals surface area contributed by atoms with Crippen molar-refractivity contribution in [3.8, 4) is 0 Å². The maximum Gasteiger partial charge on any atom is 0.308 e. The van der Waals surface area contributed by atoms with Crippen LogP contribution in [0.15, 0.2) is 18.2 Å². The van der Waals surface area contributed by atoms with Crippen molar-refractivity contribution < 1.29 is 9.90 Å². The highest BCUT2D eigenvalue weighted by molar-refractivity contribution is 5.73. The molecule has 0 aromatic heterocycles. The number of benzene rings is 1. The number of aliphatic carboxylic acids is 1. The lowest BCUT2D eigenvalue weighted by atomic mass is 9.96. The van der Waals surface area contributed by atoms with E-state index in [0.717, 1.165) is 5.69 Å². The van der Waals surface area contributed by atoms with E-state index in [4.69, 9.17) is 0 Å². The zero-order valence-electron chi connectivity index (χ0n) is 11.5. The van der Waals surface area contributed by atoms with Crippen molar-refractivity contribution in [1.29, 1.82) is 0 Å². The monoisotopic (exact) mass is 247 g/mol. The van der Waals surface area contributed by atoms with Crippen molar-refractivity contribution >= 4 is 11.7 Å². The number of hydrogen-bond acceptors (Lipinski definition) is 2. The van der Waals surface area contributed by atoms with Gasteiger partial charge in [0.25, 0.3) is 0 Å². The largest absolute Gasteiger partial charge is 0.481 e. The van der Waals surface area contributed by atoms with E-state index in [-0.39, 0.29) is 11.5 Å². The van der Waals surface area contributed by atoms with Gasteiger partial charge in [0.1, 0.15) is 0 Å². The minimum atomic E-state index is -0.685. The van der Waals surface area contributed by atoms with Gasteiger partial charge in [-0.05, 0) is 57.4 Å². The Morgan fingerprint density at radius 2 is 1.83 bits per heavy atom. The summed E-state index contributed by atoms with van der Waals surface area (Å²) in [4.78, 5) is 13.4. The summed E-state index contributed by atoms with van der Waals surface area (Å²) in [5, 5.41) is 9.19. The third-order valence-corrected chi connectivity index (χ3v) is 3.75. The second-order valence-electron chi connectivity index (χ2n) is 6.01. The van der Waals surface area contributed by atoms with E-state index < -0.39 is 5.97 Å². The maximum absolute atomic E-state index is 11.2. The van der Waals surface area contributed by atoms with Gasteiger partial charge in [0.2, 0.25) is 0 Å². The molecule has 0 radical (unpaired) electrons. The molecule has 1 heterocycles. The van der Waals surface area contributed by atoms with Crippen molar-refractivity contribution in [3.05, 3.63) is 29.3 Å². The van der Waals surface area contributed by atoms with Crippen LogP contribution in [0.5, 0.6) is 0 Å². The molecule has 3 nitrogen and oxygen atoms in total. The van der Waals surface area contributed by atoms with Crippen molar-refractivity contribution in [3.63, 3.8) is 0 Å². The molecule has 2 rings (SSSR count). The highest BCUT2D eigenvalue weighted by atomic mass is 16.4. The predicted molar refractivity (Wildman–Crippen MR) is 73.1 cm³/mol. The van der Waals surface area contributed by atoms with Gasteiger partial charge >= 0.3 is 5.97 Å². The lowest BCUT2D eigenvalue weighted by molar-refractivity contribution is -0.141. The molecule has 1 aromatic carbocycles. The minimum absolute atomic E-state index is 0.0940. The average molecular weight is 247 g/mol. The Hall–Kier alpha value is -1.51. The molecule has 1 aromatic rings. The number of carboxylic acid groups (broad SMARTS) is 1. The molecular weight excluding hydrogens is 226 g/mol. The van der Waals surface area contributed by atoms with Crippen molar-refractivity contribution in [1.82, 2.24) is 0 Å². The Morgan fingerprint density at radius 3 is 2.28 bits per heavy atom. The van der Waals surface area contributed by atoms with Gasteiger partial charge < -0.3 is 10.0 Å². The number of carbonyl (C=O) groups is 1. The van der Waals surface area contributed by atoms with Gasteiger partial charge in [-0.25, -0.2) is 0 Å². The molecule has 1 unspecified atom stereocenters. The molecule has 98 valence electrons. The van der Waals surface area contributed by atoms with Crippen LogP contribution >= 0.6 is 0 Å². The van der Waals surface area contributed by atoms with Gasteiger partial charge in [-0.15, -0.1) is 0 Å². The van der Waals surface area contributed by atoms with E-state index in [2.05, 4.69) is 50.8 Å². The summed E-state index contributed by atoms with van der Waals surface area (Å²) in [6.07, 6.45) is 0.704. The maximum atomic E-state index is 11.2. The van der Waals surface area contributed by atoms with Crippen molar-refractivity contribution in [2.24, 2.45) is 5.92 Å². The quantitative estimate of drug-likeness (QED) is 0.873. The minimum Gasteiger partial charge on any atom is -0.481 e. The van der Waals surface area contributed by atoms with Gasteiger partial charge in [-0.1, -0.05) is 6.07 Å². The summed E-state index contributed by atoms with van der Waals surface area (Å²) in [7, 11) is 0. The molecule has 1 fully saturated rings. The van der Waals surface area contributed by atoms with E-state index in [1.807, 2.05) is 0 Å². The molecule has 0 saturated carbocycles. The third kappa shape index (κ3) is 2.35. The van der Waals surface area contributed by atoms with Gasteiger partial charge in [0, 0.05) is 17.8 Å². The highest BCUT2D eigenvalue weighted by Gasteiger charge is 2.41. The zero-order chi connectivity index (χ0) is 13.5. The van der Waals surface area contributed by atoms with Crippen molar-refractivity contribution in [2.75, 3.05) is 11.4 Å². The molecule has 0 bridgehead atoms. The fraction of sp³-hybridized carbons (Fsp3) is 0.533. The Morgan fingerprint density at radius 1 is 1.28 bits per heavy atom. The van der Waals surface area contributed by atoms with Gasteiger partial charge in [0.15, 0.2) is 0 Å². The molecule has 1 saturated heterocycles. The Kier molecular flexibility index (Phi) is 3.09. The number of hydrogen-bond donors (Lipinski definition) is 1. The SMILES string of the molecule is Cc1cc(C)cc(N2CC(C(=O)O)CC2(C)C)c1. The Bertz CT molecular complexity index is 459. The standard InChI is InChI=1S/C15H21NO2/c1-10-5-11(2)7-13(6-10)16-9-12(14(17)18)8-15(16,3)4/h5-7,12H,8-9H2,1-4H3,(H,17,18). The van der Waals surface area contributed by atoms with E-state index in [9.17, 15) is 9.90 Å². The smallest absolute Gasteiger partial charge is 0.308 e. The summed E-state index contributed by atoms with van der Waals surface area (Å²) < 4.78 is 0. The fourth-order valence-electron chi connectivity index (χ4n) is 2.97. The van der Waals surface area contributed by atoms with E-state index in [1.54, 1.807) is 0 Å². The van der Waals surface area contributed by atoms with Crippen LogP contribution in [0.2, 0.25) is 0 Å². The molecule has 1 atom stereocenters. The van der Waals surface area contributed by atoms with Crippen LogP contribution in [0.3, 0.4) is 0 Å². The van der Waals surface area contributed by atoms with Crippen LogP contribution < -0.4 is 4.90 Å². The lowest BCUT2D eigenvalue weighted by Crippen LogP contribution is -2.38. The number of rotatable bonds is 2. The number of nitrogens with zero attached hydrogens (tertiary/aromatic N) is 1. The molecule has 0 aliphatic carbocycles. The number of aryl methyl sites for hydroxylation is 2. The summed E-state index contributed by atoms with van der Waals surface area (Å²) in [5.74, 6) is -0.948. The fourth-order valence-corrected chi connectivity index (χ4v) is 2.97. The van der Waals surface area contributed by atoms with E-state index >= 15 is 0 Å². The molecule has 1 N–H and O–H groups in total. The first kappa shape index (κ1) is 12.9. The number of carboxylic acids is 1. The lowest BCUT2D eigenvalue weighted by Gasteiger charge is -2.34. The van der Waals surface area contributed by atoms with Crippen LogP contribution in [-0.2, 0) is 4.79 Å². The molecule has 18 heavy (non-hydrogen) atoms. The van der Waals surface area contributed by atoms with Crippen molar-refractivity contribution in [2.45, 2.75) is 39.7 Å². The van der Waals surface area contributed by atoms with Crippen LogP contribution in [0.25, 0.3) is 0 Å². The first-order chi connectivity index (χ1) is 8.29. The highest BCUT2D eigenvalue weighted by Crippen LogP contribution is 2.37. The molecule has 1 aliphatic rings. The van der Waals surface area contributed by atoms with E-state index in [0.29, 0.717) is 13.0 Å². The summed E-state index contributed by atoms with van der Waals surface area (Å²) in [6.45, 7) is 8.99. The first-order valence-electron chi connectivity index (χ1n) is 6.38. The molecule has 1 aliphatic heterocycles. The molecule has 0 amide bonds. The summed E-state index contributed by atoms with van der Waals surface area (Å²) >= 11 is 0. The van der Waals surface area contributed by atoms with Crippen LogP contribution in [-0.4, -0.2) is 23.2 Å². The average Bonchev–Trinajstić information content (AvgIpc) is 2.52. The third-order valence-electron chi connectivity index (χ3n) is 3.75.